The van der Waals surface area contributed by atoms with Gasteiger partial charge in [0.05, 0.1) is 23.6 Å². The third kappa shape index (κ3) is 9.52. The second kappa shape index (κ2) is 15.3. The Morgan fingerprint density at radius 2 is 1.62 bits per heavy atom. The van der Waals surface area contributed by atoms with Gasteiger partial charge < -0.3 is 22.5 Å². The first kappa shape index (κ1) is 26.5. The summed E-state index contributed by atoms with van der Waals surface area (Å²) in [5.74, 6) is -0.639. The van der Waals surface area contributed by atoms with Crippen LogP contribution in [0, 0.1) is 0 Å². The summed E-state index contributed by atoms with van der Waals surface area (Å²) < 4.78 is 0. The second-order valence-corrected chi connectivity index (χ2v) is 6.67. The Hall–Kier alpha value is -3.53. The molecule has 0 aliphatic heterocycles. The number of hydrogen-bond acceptors (Lipinski definition) is 8. The van der Waals surface area contributed by atoms with Crippen molar-refractivity contribution in [2.24, 2.45) is 5.73 Å². The molecule has 1 fully saturated rings. The van der Waals surface area contributed by atoms with Gasteiger partial charge in [0, 0.05) is 12.2 Å². The van der Waals surface area contributed by atoms with Crippen LogP contribution in [-0.2, 0) is 0 Å². The van der Waals surface area contributed by atoms with Gasteiger partial charge in [-0.1, -0.05) is 51.3 Å². The summed E-state index contributed by atoms with van der Waals surface area (Å²) >= 11 is 0. The van der Waals surface area contributed by atoms with E-state index in [0.29, 0.717) is 0 Å². The zero-order valence-corrected chi connectivity index (χ0v) is 19.1. The maximum absolute atomic E-state index is 10.6. The lowest BCUT2D eigenvalue weighted by Gasteiger charge is -2.20. The predicted molar refractivity (Wildman–Crippen MR) is 128 cm³/mol. The fourth-order valence-corrected chi connectivity index (χ4v) is 2.90. The Labute approximate surface area is 189 Å². The number of primary amides is 1. The Morgan fingerprint density at radius 3 is 2.09 bits per heavy atom. The number of aromatic nitrogens is 5. The summed E-state index contributed by atoms with van der Waals surface area (Å²) in [5.41, 5.74) is 16.5. The molecule has 0 saturated heterocycles. The van der Waals surface area contributed by atoms with Crippen LogP contribution in [0.4, 0.5) is 11.8 Å². The number of amides is 1. The van der Waals surface area contributed by atoms with Crippen LogP contribution >= 0.6 is 0 Å². The molecule has 174 valence electrons. The number of nitrogen functional groups attached to an aromatic ring is 2. The Bertz CT molecular complexity index is 880. The maximum Gasteiger partial charge on any atom is 0.254 e. The minimum absolute atomic E-state index is 0.00463. The van der Waals surface area contributed by atoms with Crippen molar-refractivity contribution < 1.29 is 4.79 Å². The lowest BCUT2D eigenvalue weighted by Crippen LogP contribution is -2.26. The van der Waals surface area contributed by atoms with Gasteiger partial charge in [-0.3, -0.25) is 4.79 Å². The lowest BCUT2D eigenvalue weighted by atomic mass is 9.96. The van der Waals surface area contributed by atoms with E-state index in [0.717, 1.165) is 11.7 Å². The fraction of sp³-hybridized carbons (Fsp3) is 0.409. The van der Waals surface area contributed by atoms with E-state index in [9.17, 15) is 4.79 Å². The van der Waals surface area contributed by atoms with Gasteiger partial charge in [-0.05, 0) is 32.0 Å². The fourth-order valence-electron chi connectivity index (χ4n) is 2.90. The molecule has 0 atom stereocenters. The van der Waals surface area contributed by atoms with Crippen LogP contribution in [0.1, 0.15) is 56.3 Å². The Balaban J connectivity index is 0.000000234. The van der Waals surface area contributed by atoms with Gasteiger partial charge >= 0.3 is 0 Å². The minimum Gasteiger partial charge on any atom is -0.383 e. The SMILES string of the molecule is CC.CNC1CCCCC1.NC(=O)c1cnc(N)nc1N.c1ccc(-n2nccn2)cc1. The summed E-state index contributed by atoms with van der Waals surface area (Å²) in [7, 11) is 2.07. The van der Waals surface area contributed by atoms with Crippen molar-refractivity contribution >= 4 is 17.7 Å². The highest BCUT2D eigenvalue weighted by molar-refractivity contribution is 5.96. The molecule has 2 heterocycles. The monoisotopic (exact) mass is 441 g/mol. The Kier molecular flexibility index (Phi) is 12.7. The van der Waals surface area contributed by atoms with Crippen molar-refractivity contribution in [3.63, 3.8) is 0 Å². The summed E-state index contributed by atoms with van der Waals surface area (Å²) in [6.45, 7) is 4.00. The molecule has 7 N–H and O–H groups in total. The first-order chi connectivity index (χ1) is 15.5. The smallest absolute Gasteiger partial charge is 0.254 e. The standard InChI is InChI=1S/C8H7N3.C7H15N.C5H7N5O.C2H6/c1-2-4-8(5-3-1)11-9-6-7-10-11;1-8-7-5-3-2-4-6-7;6-3-2(4(7)11)1-9-5(8)10-3;1-2/h1-7H;7-8H,2-6H2,1H3;1H,(H2,7,11)(H4,6,8,9,10);1-2H3. The molecule has 0 radical (unpaired) electrons. The highest BCUT2D eigenvalue weighted by Crippen LogP contribution is 2.16. The third-order valence-corrected chi connectivity index (χ3v) is 4.52. The zero-order valence-electron chi connectivity index (χ0n) is 19.1. The molecule has 10 heteroatoms. The van der Waals surface area contributed by atoms with Crippen LogP contribution in [0.25, 0.3) is 5.69 Å². The maximum atomic E-state index is 10.6. The number of anilines is 2. The van der Waals surface area contributed by atoms with E-state index < -0.39 is 5.91 Å². The van der Waals surface area contributed by atoms with Crippen molar-refractivity contribution in [1.29, 1.82) is 0 Å². The largest absolute Gasteiger partial charge is 0.383 e. The van der Waals surface area contributed by atoms with Crippen LogP contribution < -0.4 is 22.5 Å². The number of nitrogens with two attached hydrogens (primary N) is 3. The zero-order chi connectivity index (χ0) is 23.8. The highest BCUT2D eigenvalue weighted by atomic mass is 16.1. The number of hydrogen-bond donors (Lipinski definition) is 4. The molecule has 10 nitrogen and oxygen atoms in total. The van der Waals surface area contributed by atoms with E-state index in [4.69, 9.17) is 17.2 Å². The number of rotatable bonds is 3. The van der Waals surface area contributed by atoms with E-state index in [1.165, 1.54) is 38.3 Å². The number of carbonyl (C=O) groups excluding carboxylic acids is 1. The Morgan fingerprint density at radius 1 is 1.03 bits per heavy atom. The minimum atomic E-state index is -0.664. The molecule has 0 bridgehead atoms. The molecule has 1 aliphatic carbocycles. The van der Waals surface area contributed by atoms with Crippen molar-refractivity contribution in [3.8, 4) is 5.69 Å². The number of nitrogens with zero attached hydrogens (tertiary/aromatic N) is 5. The van der Waals surface area contributed by atoms with Crippen molar-refractivity contribution in [2.45, 2.75) is 52.0 Å². The highest BCUT2D eigenvalue weighted by Gasteiger charge is 2.09. The van der Waals surface area contributed by atoms with Gasteiger partial charge in [-0.2, -0.15) is 20.0 Å². The quantitative estimate of drug-likeness (QED) is 0.481. The van der Waals surface area contributed by atoms with E-state index >= 15 is 0 Å². The summed E-state index contributed by atoms with van der Waals surface area (Å²) in [4.78, 5) is 19.2. The summed E-state index contributed by atoms with van der Waals surface area (Å²) in [6, 6.07) is 10.6. The van der Waals surface area contributed by atoms with Crippen LogP contribution in [0.5, 0.6) is 0 Å². The first-order valence-electron chi connectivity index (χ1n) is 10.8. The number of para-hydroxylation sites is 1. The molecule has 1 aromatic carbocycles. The van der Waals surface area contributed by atoms with E-state index in [2.05, 4.69) is 32.5 Å². The van der Waals surface area contributed by atoms with Crippen LogP contribution in [0.2, 0.25) is 0 Å². The normalized spacial score (nSPS) is 12.7. The lowest BCUT2D eigenvalue weighted by molar-refractivity contribution is 0.100. The van der Waals surface area contributed by atoms with Gasteiger partial charge in [-0.25, -0.2) is 4.98 Å². The topological polar surface area (TPSA) is 164 Å². The molecule has 0 unspecified atom stereocenters. The van der Waals surface area contributed by atoms with Crippen LogP contribution in [-0.4, -0.2) is 44.0 Å². The third-order valence-electron chi connectivity index (χ3n) is 4.52. The van der Waals surface area contributed by atoms with Gasteiger partial charge in [-0.15, -0.1) is 0 Å². The van der Waals surface area contributed by atoms with Crippen molar-refractivity contribution in [2.75, 3.05) is 18.5 Å². The molecule has 4 rings (SSSR count). The first-order valence-corrected chi connectivity index (χ1v) is 10.8. The number of benzene rings is 1. The molecule has 3 aromatic rings. The van der Waals surface area contributed by atoms with E-state index in [1.54, 1.807) is 17.2 Å². The predicted octanol–water partition coefficient (Wildman–Crippen LogP) is 2.57. The van der Waals surface area contributed by atoms with Crippen LogP contribution in [0.3, 0.4) is 0 Å². The van der Waals surface area contributed by atoms with Gasteiger partial charge in [0.1, 0.15) is 5.82 Å². The molecule has 0 spiro atoms. The summed E-state index contributed by atoms with van der Waals surface area (Å²) in [5, 5.41) is 11.3. The van der Waals surface area contributed by atoms with E-state index in [-0.39, 0.29) is 17.3 Å². The molecular formula is C22H35N9O. The van der Waals surface area contributed by atoms with Gasteiger partial charge in [0.25, 0.3) is 5.91 Å². The molecule has 1 aliphatic rings. The van der Waals surface area contributed by atoms with Crippen molar-refractivity contribution in [3.05, 3.63) is 54.5 Å². The molecule has 32 heavy (non-hydrogen) atoms. The average Bonchev–Trinajstić information content (AvgIpc) is 3.37. The van der Waals surface area contributed by atoms with Crippen molar-refractivity contribution in [1.82, 2.24) is 30.3 Å². The molecule has 2 aromatic heterocycles. The molecular weight excluding hydrogens is 406 g/mol. The van der Waals surface area contributed by atoms with Gasteiger partial charge in [0.15, 0.2) is 0 Å². The number of carbonyl (C=O) groups is 1. The number of nitrogens with one attached hydrogen (secondary N) is 1. The van der Waals surface area contributed by atoms with E-state index in [1.807, 2.05) is 44.2 Å². The molecule has 1 amide bonds. The van der Waals surface area contributed by atoms with Gasteiger partial charge in [0.2, 0.25) is 5.95 Å². The average molecular weight is 442 g/mol. The summed E-state index contributed by atoms with van der Waals surface area (Å²) in [6.07, 6.45) is 11.6. The second-order valence-electron chi connectivity index (χ2n) is 6.67. The molecule has 1 saturated carbocycles. The van der Waals surface area contributed by atoms with Crippen LogP contribution in [0.15, 0.2) is 48.9 Å².